The Morgan fingerprint density at radius 1 is 1.40 bits per heavy atom. The molecule has 1 heterocycles. The molecule has 1 aliphatic heterocycles. The van der Waals surface area contributed by atoms with Crippen molar-refractivity contribution >= 4 is 24.0 Å². The summed E-state index contributed by atoms with van der Waals surface area (Å²) in [6.07, 6.45) is 0.962. The fourth-order valence-electron chi connectivity index (χ4n) is 2.05. The summed E-state index contributed by atoms with van der Waals surface area (Å²) in [6, 6.07) is 7.51. The number of hydrogen-bond acceptors (Lipinski definition) is 4. The molecule has 1 aliphatic rings. The van der Waals surface area contributed by atoms with Gasteiger partial charge in [0, 0.05) is 25.4 Å². The highest BCUT2D eigenvalue weighted by Crippen LogP contribution is 2.11. The van der Waals surface area contributed by atoms with E-state index < -0.39 is 0 Å². The van der Waals surface area contributed by atoms with Gasteiger partial charge in [0.15, 0.2) is 0 Å². The van der Waals surface area contributed by atoms with Gasteiger partial charge in [-0.05, 0) is 24.1 Å². The van der Waals surface area contributed by atoms with Crippen LogP contribution in [0.4, 0.5) is 5.69 Å². The van der Waals surface area contributed by atoms with Crippen molar-refractivity contribution in [1.29, 1.82) is 0 Å². The lowest BCUT2D eigenvalue weighted by Crippen LogP contribution is -2.40. The standard InChI is InChI=1S/C14H20N2O3.ClH/c17-7-5-11-1-3-12(4-2-11)16-14(18)9-13-10-15-6-8-19-13;/h1-4,13,15,17H,5-10H2,(H,16,18);1H. The van der Waals surface area contributed by atoms with Crippen LogP contribution in [0.3, 0.4) is 0 Å². The van der Waals surface area contributed by atoms with Gasteiger partial charge < -0.3 is 20.5 Å². The minimum Gasteiger partial charge on any atom is -0.396 e. The number of carbonyl (C=O) groups excluding carboxylic acids is 1. The normalized spacial score (nSPS) is 18.1. The molecule has 0 saturated carbocycles. The van der Waals surface area contributed by atoms with Gasteiger partial charge in [-0.15, -0.1) is 12.4 Å². The van der Waals surface area contributed by atoms with Gasteiger partial charge in [0.1, 0.15) is 0 Å². The van der Waals surface area contributed by atoms with E-state index in [-0.39, 0.29) is 31.0 Å². The smallest absolute Gasteiger partial charge is 0.227 e. The van der Waals surface area contributed by atoms with E-state index in [1.54, 1.807) is 0 Å². The minimum absolute atomic E-state index is 0. The summed E-state index contributed by atoms with van der Waals surface area (Å²) in [7, 11) is 0. The Morgan fingerprint density at radius 3 is 2.75 bits per heavy atom. The summed E-state index contributed by atoms with van der Waals surface area (Å²) in [5.41, 5.74) is 1.83. The van der Waals surface area contributed by atoms with Crippen molar-refractivity contribution in [3.05, 3.63) is 29.8 Å². The number of amides is 1. The first-order chi connectivity index (χ1) is 9.28. The third-order valence-corrected chi connectivity index (χ3v) is 3.06. The highest BCUT2D eigenvalue weighted by atomic mass is 35.5. The van der Waals surface area contributed by atoms with Crippen LogP contribution < -0.4 is 10.6 Å². The number of carbonyl (C=O) groups is 1. The summed E-state index contributed by atoms with van der Waals surface area (Å²) in [5.74, 6) is -0.0383. The van der Waals surface area contributed by atoms with Gasteiger partial charge in [-0.25, -0.2) is 0 Å². The molecular weight excluding hydrogens is 280 g/mol. The van der Waals surface area contributed by atoms with E-state index in [1.807, 2.05) is 24.3 Å². The van der Waals surface area contributed by atoms with Crippen molar-refractivity contribution in [3.63, 3.8) is 0 Å². The fourth-order valence-corrected chi connectivity index (χ4v) is 2.05. The molecule has 1 aromatic carbocycles. The second kappa shape index (κ2) is 8.92. The average molecular weight is 301 g/mol. The Morgan fingerprint density at radius 2 is 2.15 bits per heavy atom. The number of ether oxygens (including phenoxy) is 1. The number of nitrogens with one attached hydrogen (secondary N) is 2. The molecule has 1 aromatic rings. The van der Waals surface area contributed by atoms with E-state index in [4.69, 9.17) is 9.84 Å². The van der Waals surface area contributed by atoms with Crippen LogP contribution in [0.25, 0.3) is 0 Å². The maximum Gasteiger partial charge on any atom is 0.227 e. The van der Waals surface area contributed by atoms with E-state index in [2.05, 4.69) is 10.6 Å². The van der Waals surface area contributed by atoms with E-state index in [9.17, 15) is 4.79 Å². The third-order valence-electron chi connectivity index (χ3n) is 3.06. The molecule has 1 fully saturated rings. The molecule has 0 radical (unpaired) electrons. The van der Waals surface area contributed by atoms with Crippen molar-refractivity contribution < 1.29 is 14.6 Å². The second-order valence-corrected chi connectivity index (χ2v) is 4.62. The van der Waals surface area contributed by atoms with Crippen molar-refractivity contribution in [2.24, 2.45) is 0 Å². The molecule has 1 saturated heterocycles. The molecular formula is C14H21ClN2O3. The molecule has 0 aromatic heterocycles. The van der Waals surface area contributed by atoms with Crippen LogP contribution in [0.15, 0.2) is 24.3 Å². The van der Waals surface area contributed by atoms with Gasteiger partial charge >= 0.3 is 0 Å². The number of halogens is 1. The van der Waals surface area contributed by atoms with Gasteiger partial charge in [0.05, 0.1) is 19.1 Å². The fraction of sp³-hybridized carbons (Fsp3) is 0.500. The lowest BCUT2D eigenvalue weighted by atomic mass is 10.1. The van der Waals surface area contributed by atoms with Crippen molar-refractivity contribution in [2.75, 3.05) is 31.6 Å². The zero-order valence-corrected chi connectivity index (χ0v) is 12.1. The van der Waals surface area contributed by atoms with Crippen molar-refractivity contribution in [3.8, 4) is 0 Å². The SMILES string of the molecule is Cl.O=C(CC1CNCCO1)Nc1ccc(CCO)cc1. The largest absolute Gasteiger partial charge is 0.396 e. The van der Waals surface area contributed by atoms with Crippen LogP contribution in [0, 0.1) is 0 Å². The quantitative estimate of drug-likeness (QED) is 0.757. The number of anilines is 1. The van der Waals surface area contributed by atoms with Crippen LogP contribution in [-0.2, 0) is 16.0 Å². The molecule has 0 aliphatic carbocycles. The maximum atomic E-state index is 11.8. The molecule has 20 heavy (non-hydrogen) atoms. The summed E-state index contributed by atoms with van der Waals surface area (Å²) >= 11 is 0. The predicted octanol–water partition coefficient (Wildman–Crippen LogP) is 0.960. The number of morpholine rings is 1. The topological polar surface area (TPSA) is 70.6 Å². The molecule has 5 nitrogen and oxygen atoms in total. The van der Waals surface area contributed by atoms with Gasteiger partial charge in [0.25, 0.3) is 0 Å². The Hall–Kier alpha value is -1.14. The Labute approximate surface area is 125 Å². The van der Waals surface area contributed by atoms with E-state index >= 15 is 0 Å². The Kier molecular flexibility index (Phi) is 7.54. The molecule has 1 unspecified atom stereocenters. The zero-order valence-electron chi connectivity index (χ0n) is 11.3. The van der Waals surface area contributed by atoms with Crippen LogP contribution in [0.5, 0.6) is 0 Å². The van der Waals surface area contributed by atoms with Crippen molar-refractivity contribution in [1.82, 2.24) is 5.32 Å². The summed E-state index contributed by atoms with van der Waals surface area (Å²) in [6.45, 7) is 2.37. The molecule has 0 bridgehead atoms. The van der Waals surface area contributed by atoms with E-state index in [1.165, 1.54) is 0 Å². The van der Waals surface area contributed by atoms with Crippen LogP contribution in [0.1, 0.15) is 12.0 Å². The number of benzene rings is 1. The molecule has 112 valence electrons. The van der Waals surface area contributed by atoms with E-state index in [0.29, 0.717) is 19.4 Å². The predicted molar refractivity (Wildman–Crippen MR) is 80.3 cm³/mol. The maximum absolute atomic E-state index is 11.8. The lowest BCUT2D eigenvalue weighted by molar-refractivity contribution is -0.119. The van der Waals surface area contributed by atoms with E-state index in [0.717, 1.165) is 24.3 Å². The first-order valence-corrected chi connectivity index (χ1v) is 6.60. The van der Waals surface area contributed by atoms with Crippen LogP contribution >= 0.6 is 12.4 Å². The highest BCUT2D eigenvalue weighted by Gasteiger charge is 2.17. The van der Waals surface area contributed by atoms with Gasteiger partial charge in [0.2, 0.25) is 5.91 Å². The Bertz CT molecular complexity index is 405. The first-order valence-electron chi connectivity index (χ1n) is 6.60. The summed E-state index contributed by atoms with van der Waals surface area (Å²) < 4.78 is 5.49. The number of hydrogen-bond donors (Lipinski definition) is 3. The lowest BCUT2D eigenvalue weighted by Gasteiger charge is -2.23. The zero-order chi connectivity index (χ0) is 13.5. The Balaban J connectivity index is 0.00000200. The van der Waals surface area contributed by atoms with Crippen molar-refractivity contribution in [2.45, 2.75) is 18.9 Å². The summed E-state index contributed by atoms with van der Waals surface area (Å²) in [5, 5.41) is 14.9. The number of rotatable bonds is 5. The first kappa shape index (κ1) is 16.9. The average Bonchev–Trinajstić information content (AvgIpc) is 2.42. The molecule has 1 atom stereocenters. The van der Waals surface area contributed by atoms with Crippen LogP contribution in [-0.4, -0.2) is 43.4 Å². The second-order valence-electron chi connectivity index (χ2n) is 4.62. The molecule has 1 amide bonds. The molecule has 0 spiro atoms. The van der Waals surface area contributed by atoms with Gasteiger partial charge in [-0.1, -0.05) is 12.1 Å². The van der Waals surface area contributed by atoms with Gasteiger partial charge in [-0.2, -0.15) is 0 Å². The highest BCUT2D eigenvalue weighted by molar-refractivity contribution is 5.91. The number of aliphatic hydroxyl groups excluding tert-OH is 1. The molecule has 3 N–H and O–H groups in total. The van der Waals surface area contributed by atoms with Crippen LogP contribution in [0.2, 0.25) is 0 Å². The monoisotopic (exact) mass is 300 g/mol. The molecule has 6 heteroatoms. The minimum atomic E-state index is -0.0394. The third kappa shape index (κ3) is 5.46. The number of aliphatic hydroxyl groups is 1. The summed E-state index contributed by atoms with van der Waals surface area (Å²) in [4.78, 5) is 11.8. The molecule has 2 rings (SSSR count). The van der Waals surface area contributed by atoms with Gasteiger partial charge in [-0.3, -0.25) is 4.79 Å².